The second-order valence-corrected chi connectivity index (χ2v) is 8.25. The topological polar surface area (TPSA) is 92.6 Å². The minimum atomic E-state index is -0.163. The van der Waals surface area contributed by atoms with Gasteiger partial charge in [0.25, 0.3) is 0 Å². The Hall–Kier alpha value is -3.72. The lowest BCUT2D eigenvalue weighted by atomic mass is 10.2. The van der Waals surface area contributed by atoms with Crippen LogP contribution in [0.5, 0.6) is 5.75 Å². The van der Waals surface area contributed by atoms with Crippen molar-refractivity contribution in [3.05, 3.63) is 72.8 Å². The van der Waals surface area contributed by atoms with Crippen molar-refractivity contribution in [2.75, 3.05) is 38.1 Å². The highest BCUT2D eigenvalue weighted by molar-refractivity contribution is 5.90. The first-order valence-electron chi connectivity index (χ1n) is 11.5. The van der Waals surface area contributed by atoms with Crippen LogP contribution in [0.2, 0.25) is 0 Å². The van der Waals surface area contributed by atoms with E-state index in [9.17, 15) is 9.59 Å². The normalized spacial score (nSPS) is 14.4. The number of amides is 2. The molecular formula is C25H30N6O3. The quantitative estimate of drug-likeness (QED) is 0.525. The largest absolute Gasteiger partial charge is 0.493 e. The number of hydrogen-bond acceptors (Lipinski definition) is 6. The Bertz CT molecular complexity index is 1060. The van der Waals surface area contributed by atoms with Gasteiger partial charge in [0, 0.05) is 51.3 Å². The number of hydrogen-bond donors (Lipinski definition) is 1. The molecule has 4 rings (SSSR count). The van der Waals surface area contributed by atoms with Crippen LogP contribution in [0, 0.1) is 0 Å². The molecule has 1 N–H and O–H groups in total. The van der Waals surface area contributed by atoms with E-state index >= 15 is 0 Å². The first kappa shape index (κ1) is 23.4. The number of nitrogens with zero attached hydrogens (tertiary/aromatic N) is 5. The van der Waals surface area contributed by atoms with Crippen LogP contribution in [0.1, 0.15) is 18.4 Å². The van der Waals surface area contributed by atoms with Crippen LogP contribution in [-0.4, -0.2) is 69.2 Å². The Labute approximate surface area is 199 Å². The highest BCUT2D eigenvalue weighted by atomic mass is 16.5. The van der Waals surface area contributed by atoms with E-state index in [0.717, 1.165) is 38.3 Å². The van der Waals surface area contributed by atoms with Crippen molar-refractivity contribution in [3.8, 4) is 5.75 Å². The van der Waals surface area contributed by atoms with Crippen molar-refractivity contribution >= 4 is 17.5 Å². The zero-order valence-electron chi connectivity index (χ0n) is 19.2. The highest BCUT2D eigenvalue weighted by Crippen LogP contribution is 2.11. The molecule has 2 amide bonds. The predicted octanol–water partition coefficient (Wildman–Crippen LogP) is 2.42. The fourth-order valence-corrected chi connectivity index (χ4v) is 3.88. The van der Waals surface area contributed by atoms with E-state index in [-0.39, 0.29) is 31.4 Å². The van der Waals surface area contributed by atoms with Gasteiger partial charge in [0.15, 0.2) is 0 Å². The summed E-state index contributed by atoms with van der Waals surface area (Å²) < 4.78 is 7.12. The average molecular weight is 463 g/mol. The number of benzene rings is 1. The van der Waals surface area contributed by atoms with E-state index in [4.69, 9.17) is 4.74 Å². The number of carbonyl (C=O) groups excluding carboxylic acids is 2. The van der Waals surface area contributed by atoms with Crippen LogP contribution < -0.4 is 10.1 Å². The molecule has 3 heterocycles. The zero-order chi connectivity index (χ0) is 23.6. The van der Waals surface area contributed by atoms with Crippen molar-refractivity contribution in [2.24, 2.45) is 0 Å². The summed E-state index contributed by atoms with van der Waals surface area (Å²) >= 11 is 0. The van der Waals surface area contributed by atoms with E-state index in [1.165, 1.54) is 5.56 Å². The Morgan fingerprint density at radius 2 is 1.82 bits per heavy atom. The molecule has 1 aromatic carbocycles. The monoisotopic (exact) mass is 462 g/mol. The number of rotatable bonds is 9. The fraction of sp³-hybridized carbons (Fsp3) is 0.360. The summed E-state index contributed by atoms with van der Waals surface area (Å²) in [5.74, 6) is 0.599. The number of para-hydroxylation sites is 1. The van der Waals surface area contributed by atoms with Crippen LogP contribution in [0.25, 0.3) is 0 Å². The molecule has 0 spiro atoms. The third-order valence-corrected chi connectivity index (χ3v) is 5.65. The Morgan fingerprint density at radius 1 is 1.00 bits per heavy atom. The molecule has 9 nitrogen and oxygen atoms in total. The van der Waals surface area contributed by atoms with Gasteiger partial charge in [-0.15, -0.1) is 0 Å². The van der Waals surface area contributed by atoms with Gasteiger partial charge < -0.3 is 15.0 Å². The van der Waals surface area contributed by atoms with Gasteiger partial charge in [0.05, 0.1) is 24.9 Å². The highest BCUT2D eigenvalue weighted by Gasteiger charge is 2.20. The van der Waals surface area contributed by atoms with Crippen molar-refractivity contribution in [1.82, 2.24) is 24.6 Å². The summed E-state index contributed by atoms with van der Waals surface area (Å²) in [5.41, 5.74) is 1.80. The van der Waals surface area contributed by atoms with Gasteiger partial charge in [-0.05, 0) is 36.2 Å². The van der Waals surface area contributed by atoms with E-state index in [1.54, 1.807) is 17.1 Å². The lowest BCUT2D eigenvalue weighted by Crippen LogP contribution is -2.37. The van der Waals surface area contributed by atoms with Gasteiger partial charge in [-0.2, -0.15) is 5.10 Å². The second-order valence-electron chi connectivity index (χ2n) is 8.25. The standard InChI is InChI=1S/C25H30N6O3/c32-24(9-16-34-23-5-2-1-3-6-23)28-22-17-27-31(19-22)20-25(33)30-13-4-12-29(14-15-30)18-21-7-10-26-11-8-21/h1-3,5-8,10-11,17,19H,4,9,12-16,18,20H2,(H,28,32). The zero-order valence-corrected chi connectivity index (χ0v) is 19.2. The molecule has 2 aromatic heterocycles. The van der Waals surface area contributed by atoms with Crippen molar-refractivity contribution in [2.45, 2.75) is 25.9 Å². The van der Waals surface area contributed by atoms with Crippen molar-refractivity contribution < 1.29 is 14.3 Å². The van der Waals surface area contributed by atoms with Crippen molar-refractivity contribution in [1.29, 1.82) is 0 Å². The molecule has 0 bridgehead atoms. The lowest BCUT2D eigenvalue weighted by molar-refractivity contribution is -0.131. The average Bonchev–Trinajstić information content (AvgIpc) is 3.14. The first-order chi connectivity index (χ1) is 16.7. The van der Waals surface area contributed by atoms with Crippen LogP contribution in [-0.2, 0) is 22.7 Å². The molecule has 0 atom stereocenters. The van der Waals surface area contributed by atoms with Gasteiger partial charge in [-0.1, -0.05) is 18.2 Å². The number of anilines is 1. The fourth-order valence-electron chi connectivity index (χ4n) is 3.88. The Kier molecular flexibility index (Phi) is 8.23. The molecule has 1 aliphatic rings. The summed E-state index contributed by atoms with van der Waals surface area (Å²) in [7, 11) is 0. The molecule has 1 aliphatic heterocycles. The number of nitrogens with one attached hydrogen (secondary N) is 1. The van der Waals surface area contributed by atoms with E-state index in [1.807, 2.05) is 59.8 Å². The maximum absolute atomic E-state index is 12.8. The molecule has 0 unspecified atom stereocenters. The maximum Gasteiger partial charge on any atom is 0.244 e. The van der Waals surface area contributed by atoms with E-state index < -0.39 is 0 Å². The van der Waals surface area contributed by atoms with Gasteiger partial charge in [0.1, 0.15) is 12.3 Å². The second kappa shape index (κ2) is 11.9. The molecule has 0 radical (unpaired) electrons. The third kappa shape index (κ3) is 7.14. The van der Waals surface area contributed by atoms with E-state index in [2.05, 4.69) is 20.3 Å². The minimum Gasteiger partial charge on any atom is -0.493 e. The van der Waals surface area contributed by atoms with Crippen LogP contribution >= 0.6 is 0 Å². The summed E-state index contributed by atoms with van der Waals surface area (Å²) in [6.07, 6.45) is 8.01. The number of ether oxygens (including phenoxy) is 1. The van der Waals surface area contributed by atoms with Crippen molar-refractivity contribution in [3.63, 3.8) is 0 Å². The molecule has 0 saturated carbocycles. The van der Waals surface area contributed by atoms with Gasteiger partial charge in [0.2, 0.25) is 11.8 Å². The first-order valence-corrected chi connectivity index (χ1v) is 11.5. The smallest absolute Gasteiger partial charge is 0.244 e. The maximum atomic E-state index is 12.8. The summed E-state index contributed by atoms with van der Waals surface area (Å²) in [6, 6.07) is 13.4. The van der Waals surface area contributed by atoms with Crippen LogP contribution in [0.4, 0.5) is 5.69 Å². The van der Waals surface area contributed by atoms with Gasteiger partial charge >= 0.3 is 0 Å². The minimum absolute atomic E-state index is 0.0306. The number of aromatic nitrogens is 3. The van der Waals surface area contributed by atoms with Gasteiger partial charge in [-0.25, -0.2) is 0 Å². The Balaban J connectivity index is 1.19. The summed E-state index contributed by atoms with van der Waals surface area (Å²) in [6.45, 7) is 4.52. The molecule has 34 heavy (non-hydrogen) atoms. The molecular weight excluding hydrogens is 432 g/mol. The molecule has 1 saturated heterocycles. The summed E-state index contributed by atoms with van der Waals surface area (Å²) in [4.78, 5) is 33.3. The number of pyridine rings is 1. The molecule has 3 aromatic rings. The number of carbonyl (C=O) groups is 2. The summed E-state index contributed by atoms with van der Waals surface area (Å²) in [5, 5.41) is 7.04. The van der Waals surface area contributed by atoms with E-state index in [0.29, 0.717) is 12.2 Å². The predicted molar refractivity (Wildman–Crippen MR) is 128 cm³/mol. The lowest BCUT2D eigenvalue weighted by Gasteiger charge is -2.22. The van der Waals surface area contributed by atoms with Crippen LogP contribution in [0.3, 0.4) is 0 Å². The molecule has 178 valence electrons. The van der Waals surface area contributed by atoms with Crippen LogP contribution in [0.15, 0.2) is 67.3 Å². The van der Waals surface area contributed by atoms with Gasteiger partial charge in [-0.3, -0.25) is 24.2 Å². The molecule has 0 aliphatic carbocycles. The SMILES string of the molecule is O=C(CCOc1ccccc1)Nc1cnn(CC(=O)N2CCCN(Cc3ccncc3)CC2)c1. The Morgan fingerprint density at radius 3 is 2.65 bits per heavy atom. The third-order valence-electron chi connectivity index (χ3n) is 5.65. The molecule has 9 heteroatoms. The molecule has 1 fully saturated rings.